The summed E-state index contributed by atoms with van der Waals surface area (Å²) in [6, 6.07) is 6.97. The van der Waals surface area contributed by atoms with Gasteiger partial charge in [0.1, 0.15) is 11.5 Å². The highest BCUT2D eigenvalue weighted by Crippen LogP contribution is 2.39. The lowest BCUT2D eigenvalue weighted by molar-refractivity contribution is 0.0950. The quantitative estimate of drug-likeness (QED) is 0.663. The second kappa shape index (κ2) is 10.1. The largest absolute Gasteiger partial charge is 0.492 e. The van der Waals surface area contributed by atoms with Crippen molar-refractivity contribution in [2.24, 2.45) is 0 Å². The van der Waals surface area contributed by atoms with Gasteiger partial charge in [0, 0.05) is 25.2 Å². The summed E-state index contributed by atoms with van der Waals surface area (Å²) in [5.41, 5.74) is 1.55. The molecule has 0 radical (unpaired) electrons. The molecule has 1 amide bonds. The van der Waals surface area contributed by atoms with Gasteiger partial charge in [-0.1, -0.05) is 0 Å². The number of anilines is 2. The second-order valence-electron chi connectivity index (χ2n) is 6.17. The Morgan fingerprint density at radius 2 is 1.90 bits per heavy atom. The zero-order chi connectivity index (χ0) is 20.6. The van der Waals surface area contributed by atoms with Crippen LogP contribution in [-0.4, -0.2) is 50.5 Å². The Hall–Kier alpha value is -2.78. The fourth-order valence-corrected chi connectivity index (χ4v) is 3.17. The topological polar surface area (TPSA) is 85.2 Å². The summed E-state index contributed by atoms with van der Waals surface area (Å²) in [6.07, 6.45) is 1.43. The zero-order valence-corrected chi connectivity index (χ0v) is 17.3. The number of benzene rings is 1. The monoisotopic (exact) mass is 419 g/mol. The predicted molar refractivity (Wildman–Crippen MR) is 114 cm³/mol. The molecule has 2 aromatic rings. The molecule has 156 valence electrons. The molecular weight excluding hydrogens is 394 g/mol. The van der Waals surface area contributed by atoms with Gasteiger partial charge in [0.25, 0.3) is 5.91 Å². The van der Waals surface area contributed by atoms with Gasteiger partial charge in [-0.25, -0.2) is 0 Å². The molecule has 0 aliphatic carbocycles. The molecule has 1 aromatic carbocycles. The van der Waals surface area contributed by atoms with Crippen molar-refractivity contribution in [1.82, 2.24) is 5.32 Å². The van der Waals surface area contributed by atoms with Crippen molar-refractivity contribution in [3.63, 3.8) is 0 Å². The van der Waals surface area contributed by atoms with E-state index >= 15 is 0 Å². The summed E-state index contributed by atoms with van der Waals surface area (Å²) in [5, 5.41) is 5.75. The van der Waals surface area contributed by atoms with E-state index in [9.17, 15) is 4.79 Å². The SMILES string of the molecule is CCOc1cc(N2CCOCC2)c(OCC)cc1NC(=S)NC(=O)c1ccco1. The predicted octanol–water partition coefficient (Wildman–Crippen LogP) is 3.04. The van der Waals surface area contributed by atoms with Crippen LogP contribution in [0.5, 0.6) is 11.5 Å². The summed E-state index contributed by atoms with van der Waals surface area (Å²) in [7, 11) is 0. The molecule has 0 unspecified atom stereocenters. The van der Waals surface area contributed by atoms with Crippen LogP contribution in [0.3, 0.4) is 0 Å². The van der Waals surface area contributed by atoms with Crippen molar-refractivity contribution < 1.29 is 23.4 Å². The highest BCUT2D eigenvalue weighted by molar-refractivity contribution is 7.80. The van der Waals surface area contributed by atoms with Gasteiger partial charge in [-0.15, -0.1) is 0 Å². The summed E-state index contributed by atoms with van der Waals surface area (Å²) in [5.74, 6) is 1.07. The lowest BCUT2D eigenvalue weighted by atomic mass is 10.2. The fourth-order valence-electron chi connectivity index (χ4n) is 2.97. The number of hydrogen-bond acceptors (Lipinski definition) is 7. The van der Waals surface area contributed by atoms with E-state index in [1.165, 1.54) is 6.26 Å². The minimum absolute atomic E-state index is 0.133. The van der Waals surface area contributed by atoms with Crippen molar-refractivity contribution >= 4 is 34.6 Å². The van der Waals surface area contributed by atoms with Crippen molar-refractivity contribution in [2.75, 3.05) is 49.7 Å². The van der Waals surface area contributed by atoms with Gasteiger partial charge in [0.05, 0.1) is 44.1 Å². The summed E-state index contributed by atoms with van der Waals surface area (Å²) in [6.45, 7) is 7.72. The number of morpholine rings is 1. The third-order valence-corrected chi connectivity index (χ3v) is 4.44. The molecule has 0 spiro atoms. The number of amides is 1. The number of hydrogen-bond donors (Lipinski definition) is 2. The second-order valence-corrected chi connectivity index (χ2v) is 6.58. The molecule has 1 saturated heterocycles. The van der Waals surface area contributed by atoms with Crippen molar-refractivity contribution in [3.8, 4) is 11.5 Å². The van der Waals surface area contributed by atoms with E-state index in [1.807, 2.05) is 26.0 Å². The van der Waals surface area contributed by atoms with E-state index in [0.29, 0.717) is 43.6 Å². The van der Waals surface area contributed by atoms with E-state index in [-0.39, 0.29) is 10.9 Å². The average Bonchev–Trinajstić information content (AvgIpc) is 3.26. The molecule has 0 atom stereocenters. The molecule has 1 fully saturated rings. The average molecular weight is 420 g/mol. The minimum atomic E-state index is -0.430. The zero-order valence-electron chi connectivity index (χ0n) is 16.5. The van der Waals surface area contributed by atoms with Crippen LogP contribution >= 0.6 is 12.2 Å². The molecule has 0 saturated carbocycles. The number of furan rings is 1. The van der Waals surface area contributed by atoms with Crippen LogP contribution < -0.4 is 25.0 Å². The van der Waals surface area contributed by atoms with E-state index < -0.39 is 5.91 Å². The Morgan fingerprint density at radius 1 is 1.17 bits per heavy atom. The minimum Gasteiger partial charge on any atom is -0.492 e. The fraction of sp³-hybridized carbons (Fsp3) is 0.400. The lowest BCUT2D eigenvalue weighted by Crippen LogP contribution is -2.36. The summed E-state index contributed by atoms with van der Waals surface area (Å²) in [4.78, 5) is 14.3. The van der Waals surface area contributed by atoms with Gasteiger partial charge in [0.15, 0.2) is 10.9 Å². The molecule has 9 heteroatoms. The van der Waals surface area contributed by atoms with Crippen LogP contribution in [0.25, 0.3) is 0 Å². The normalized spacial score (nSPS) is 13.7. The first-order valence-corrected chi connectivity index (χ1v) is 9.95. The highest BCUT2D eigenvalue weighted by Gasteiger charge is 2.20. The number of carbonyl (C=O) groups is 1. The molecule has 1 aliphatic heterocycles. The van der Waals surface area contributed by atoms with Crippen LogP contribution in [0.1, 0.15) is 24.4 Å². The van der Waals surface area contributed by atoms with Gasteiger partial charge in [-0.2, -0.15) is 0 Å². The van der Waals surface area contributed by atoms with Gasteiger partial charge in [0.2, 0.25) is 0 Å². The molecule has 3 rings (SSSR count). The Labute approximate surface area is 175 Å². The Morgan fingerprint density at radius 3 is 2.55 bits per heavy atom. The van der Waals surface area contributed by atoms with Gasteiger partial charge in [-0.3, -0.25) is 10.1 Å². The molecule has 2 heterocycles. The third kappa shape index (κ3) is 5.39. The van der Waals surface area contributed by atoms with Crippen molar-refractivity contribution in [3.05, 3.63) is 36.3 Å². The number of nitrogens with zero attached hydrogens (tertiary/aromatic N) is 1. The van der Waals surface area contributed by atoms with E-state index in [0.717, 1.165) is 18.8 Å². The molecule has 1 aliphatic rings. The van der Waals surface area contributed by atoms with Gasteiger partial charge >= 0.3 is 0 Å². The molecule has 8 nitrogen and oxygen atoms in total. The smallest absolute Gasteiger partial charge is 0.293 e. The van der Waals surface area contributed by atoms with Crippen LogP contribution in [0.2, 0.25) is 0 Å². The van der Waals surface area contributed by atoms with Crippen LogP contribution in [0.4, 0.5) is 11.4 Å². The first-order valence-electron chi connectivity index (χ1n) is 9.54. The Balaban J connectivity index is 1.83. The maximum atomic E-state index is 12.1. The number of carbonyl (C=O) groups excluding carboxylic acids is 1. The maximum Gasteiger partial charge on any atom is 0.293 e. The first-order chi connectivity index (χ1) is 14.1. The van der Waals surface area contributed by atoms with Crippen LogP contribution in [0, 0.1) is 0 Å². The van der Waals surface area contributed by atoms with E-state index in [2.05, 4.69) is 15.5 Å². The van der Waals surface area contributed by atoms with Crippen LogP contribution in [-0.2, 0) is 4.74 Å². The molecule has 1 aromatic heterocycles. The summed E-state index contributed by atoms with van der Waals surface area (Å²) >= 11 is 5.29. The third-order valence-electron chi connectivity index (χ3n) is 4.23. The van der Waals surface area contributed by atoms with E-state index in [1.54, 1.807) is 12.1 Å². The number of thiocarbonyl (C=S) groups is 1. The Bertz CT molecular complexity index is 835. The number of rotatable bonds is 7. The molecule has 29 heavy (non-hydrogen) atoms. The number of ether oxygens (including phenoxy) is 3. The molecular formula is C20H25N3O5S. The first kappa shape index (κ1) is 20.9. The highest BCUT2D eigenvalue weighted by atomic mass is 32.1. The van der Waals surface area contributed by atoms with E-state index in [4.69, 9.17) is 30.8 Å². The lowest BCUT2D eigenvalue weighted by Gasteiger charge is -2.31. The van der Waals surface area contributed by atoms with Gasteiger partial charge in [-0.05, 0) is 38.2 Å². The number of nitrogens with one attached hydrogen (secondary N) is 2. The Kier molecular flexibility index (Phi) is 7.31. The van der Waals surface area contributed by atoms with Crippen LogP contribution in [0.15, 0.2) is 34.9 Å². The maximum absolute atomic E-state index is 12.1. The van der Waals surface area contributed by atoms with Crippen molar-refractivity contribution in [2.45, 2.75) is 13.8 Å². The molecule has 2 N–H and O–H groups in total. The van der Waals surface area contributed by atoms with Crippen molar-refractivity contribution in [1.29, 1.82) is 0 Å². The standard InChI is InChI=1S/C20H25N3O5S/c1-3-26-17-13-15(23-7-10-25-11-8-23)18(27-4-2)12-14(17)21-20(29)22-19(24)16-6-5-9-28-16/h5-6,9,12-13H,3-4,7-8,10-11H2,1-2H3,(H2,21,22,24,29). The van der Waals surface area contributed by atoms with Gasteiger partial charge < -0.3 is 28.8 Å². The molecule has 0 bridgehead atoms. The summed E-state index contributed by atoms with van der Waals surface area (Å²) < 4.78 is 22.2.